The van der Waals surface area contributed by atoms with E-state index in [9.17, 15) is 4.79 Å². The highest BCUT2D eigenvalue weighted by atomic mass is 16.2. The Bertz CT molecular complexity index is 969. The molecule has 0 spiro atoms. The first-order valence-electron chi connectivity index (χ1n) is 9.82. The van der Waals surface area contributed by atoms with Gasteiger partial charge in [0.25, 0.3) is 0 Å². The molecule has 0 fully saturated rings. The molecule has 1 aliphatic carbocycles. The summed E-state index contributed by atoms with van der Waals surface area (Å²) in [6, 6.07) is 16.5. The SMILES string of the molecule is C[C@@H](NC(=O)[C@@]1(C)CCCc2ccccc21)c1ccc(-c2cncnc2)cc1. The van der Waals surface area contributed by atoms with Gasteiger partial charge in [-0.05, 0) is 55.4 Å². The number of amides is 1. The molecule has 28 heavy (non-hydrogen) atoms. The van der Waals surface area contributed by atoms with Crippen molar-refractivity contribution >= 4 is 5.91 Å². The second-order valence-electron chi connectivity index (χ2n) is 7.79. The molecule has 2 aromatic carbocycles. The van der Waals surface area contributed by atoms with E-state index in [2.05, 4.69) is 52.5 Å². The third-order valence-corrected chi connectivity index (χ3v) is 5.89. The topological polar surface area (TPSA) is 54.9 Å². The monoisotopic (exact) mass is 371 g/mol. The normalized spacial score (nSPS) is 19.5. The van der Waals surface area contributed by atoms with Crippen molar-refractivity contribution in [1.29, 1.82) is 0 Å². The zero-order valence-corrected chi connectivity index (χ0v) is 16.4. The Labute approximate surface area is 166 Å². The van der Waals surface area contributed by atoms with Crippen LogP contribution in [0.2, 0.25) is 0 Å². The van der Waals surface area contributed by atoms with E-state index < -0.39 is 5.41 Å². The van der Waals surface area contributed by atoms with Crippen molar-refractivity contribution in [3.63, 3.8) is 0 Å². The van der Waals surface area contributed by atoms with Gasteiger partial charge < -0.3 is 5.32 Å². The van der Waals surface area contributed by atoms with Gasteiger partial charge in [-0.3, -0.25) is 4.79 Å². The van der Waals surface area contributed by atoms with Crippen LogP contribution in [0.15, 0.2) is 67.3 Å². The van der Waals surface area contributed by atoms with Gasteiger partial charge in [-0.15, -0.1) is 0 Å². The van der Waals surface area contributed by atoms with E-state index in [-0.39, 0.29) is 11.9 Å². The first-order valence-corrected chi connectivity index (χ1v) is 9.82. The molecule has 4 rings (SSSR count). The third-order valence-electron chi connectivity index (χ3n) is 5.89. The van der Waals surface area contributed by atoms with Gasteiger partial charge in [0.15, 0.2) is 0 Å². The molecule has 1 N–H and O–H groups in total. The van der Waals surface area contributed by atoms with Gasteiger partial charge >= 0.3 is 0 Å². The summed E-state index contributed by atoms with van der Waals surface area (Å²) in [4.78, 5) is 21.4. The van der Waals surface area contributed by atoms with Crippen molar-refractivity contribution in [2.45, 2.75) is 44.6 Å². The van der Waals surface area contributed by atoms with Crippen LogP contribution in [-0.2, 0) is 16.6 Å². The summed E-state index contributed by atoms with van der Waals surface area (Å²) in [5.41, 5.74) is 5.14. The minimum absolute atomic E-state index is 0.0560. The van der Waals surface area contributed by atoms with Crippen LogP contribution >= 0.6 is 0 Å². The van der Waals surface area contributed by atoms with Crippen molar-refractivity contribution in [1.82, 2.24) is 15.3 Å². The first kappa shape index (κ1) is 18.4. The molecular formula is C24H25N3O. The molecule has 2 atom stereocenters. The van der Waals surface area contributed by atoms with Crippen LogP contribution in [0.4, 0.5) is 0 Å². The molecule has 0 saturated carbocycles. The van der Waals surface area contributed by atoms with Gasteiger partial charge in [0, 0.05) is 18.0 Å². The summed E-state index contributed by atoms with van der Waals surface area (Å²) in [6.45, 7) is 4.11. The molecule has 0 aliphatic heterocycles. The lowest BCUT2D eigenvalue weighted by Crippen LogP contribution is -2.45. The van der Waals surface area contributed by atoms with Gasteiger partial charge in [-0.2, -0.15) is 0 Å². The Morgan fingerprint density at radius 1 is 1.04 bits per heavy atom. The number of rotatable bonds is 4. The average Bonchev–Trinajstić information content (AvgIpc) is 2.75. The lowest BCUT2D eigenvalue weighted by atomic mass is 9.70. The number of hydrogen-bond acceptors (Lipinski definition) is 3. The number of carbonyl (C=O) groups excluding carboxylic acids is 1. The molecule has 0 saturated heterocycles. The van der Waals surface area contributed by atoms with E-state index in [1.54, 1.807) is 12.4 Å². The van der Waals surface area contributed by atoms with Crippen molar-refractivity contribution < 1.29 is 4.79 Å². The van der Waals surface area contributed by atoms with Gasteiger partial charge in [-0.25, -0.2) is 9.97 Å². The molecular weight excluding hydrogens is 346 g/mol. The van der Waals surface area contributed by atoms with Crippen LogP contribution in [0.3, 0.4) is 0 Å². The van der Waals surface area contributed by atoms with E-state index in [0.717, 1.165) is 36.0 Å². The van der Waals surface area contributed by atoms with Gasteiger partial charge in [-0.1, -0.05) is 48.5 Å². The molecule has 142 valence electrons. The Morgan fingerprint density at radius 2 is 1.75 bits per heavy atom. The summed E-state index contributed by atoms with van der Waals surface area (Å²) in [6.07, 6.45) is 8.11. The molecule has 1 heterocycles. The summed E-state index contributed by atoms with van der Waals surface area (Å²) < 4.78 is 0. The fourth-order valence-electron chi connectivity index (χ4n) is 4.13. The molecule has 4 heteroatoms. The highest BCUT2D eigenvalue weighted by Crippen LogP contribution is 2.37. The smallest absolute Gasteiger partial charge is 0.230 e. The fourth-order valence-corrected chi connectivity index (χ4v) is 4.13. The van der Waals surface area contributed by atoms with Crippen molar-refractivity contribution in [2.75, 3.05) is 0 Å². The minimum atomic E-state index is -0.468. The molecule has 1 amide bonds. The Kier molecular flexibility index (Phi) is 4.95. The number of aromatic nitrogens is 2. The standard InChI is InChI=1S/C24H25N3O/c1-17(18-9-11-19(12-10-18)21-14-25-16-26-15-21)27-23(28)24(2)13-5-7-20-6-3-4-8-22(20)24/h3-4,6,8-12,14-17H,5,7,13H2,1-2H3,(H,27,28)/t17-,24+/m1/s1. The highest BCUT2D eigenvalue weighted by Gasteiger charge is 2.39. The molecule has 4 nitrogen and oxygen atoms in total. The Hall–Kier alpha value is -3.01. The summed E-state index contributed by atoms with van der Waals surface area (Å²) in [5, 5.41) is 3.24. The number of benzene rings is 2. The van der Waals surface area contributed by atoms with Crippen LogP contribution in [0, 0.1) is 0 Å². The predicted molar refractivity (Wildman–Crippen MR) is 111 cm³/mol. The number of fused-ring (bicyclic) bond motifs is 1. The maximum absolute atomic E-state index is 13.2. The van der Waals surface area contributed by atoms with E-state index in [1.165, 1.54) is 17.5 Å². The molecule has 3 aromatic rings. The lowest BCUT2D eigenvalue weighted by Gasteiger charge is -2.35. The van der Waals surface area contributed by atoms with Crippen molar-refractivity contribution in [2.24, 2.45) is 0 Å². The third kappa shape index (κ3) is 3.42. The number of carbonyl (C=O) groups is 1. The van der Waals surface area contributed by atoms with E-state index in [4.69, 9.17) is 0 Å². The largest absolute Gasteiger partial charge is 0.349 e. The number of aryl methyl sites for hydroxylation is 1. The number of hydrogen-bond donors (Lipinski definition) is 1. The van der Waals surface area contributed by atoms with E-state index in [0.29, 0.717) is 0 Å². The van der Waals surface area contributed by atoms with Gasteiger partial charge in [0.1, 0.15) is 6.33 Å². The number of nitrogens with zero attached hydrogens (tertiary/aromatic N) is 2. The van der Waals surface area contributed by atoms with Gasteiger partial charge in [0.2, 0.25) is 5.91 Å². The quantitative estimate of drug-likeness (QED) is 0.728. The zero-order chi connectivity index (χ0) is 19.6. The average molecular weight is 371 g/mol. The zero-order valence-electron chi connectivity index (χ0n) is 16.4. The Morgan fingerprint density at radius 3 is 2.50 bits per heavy atom. The molecule has 0 bridgehead atoms. The van der Waals surface area contributed by atoms with Crippen molar-refractivity contribution in [3.05, 3.63) is 83.9 Å². The second-order valence-corrected chi connectivity index (χ2v) is 7.79. The maximum Gasteiger partial charge on any atom is 0.230 e. The summed E-state index contributed by atoms with van der Waals surface area (Å²) in [7, 11) is 0. The molecule has 0 unspecified atom stereocenters. The molecule has 1 aromatic heterocycles. The summed E-state index contributed by atoms with van der Waals surface area (Å²) >= 11 is 0. The highest BCUT2D eigenvalue weighted by molar-refractivity contribution is 5.88. The van der Waals surface area contributed by atoms with Crippen LogP contribution < -0.4 is 5.32 Å². The maximum atomic E-state index is 13.2. The minimum Gasteiger partial charge on any atom is -0.349 e. The van der Waals surface area contributed by atoms with E-state index in [1.807, 2.05) is 25.1 Å². The predicted octanol–water partition coefficient (Wildman–Crippen LogP) is 4.62. The van der Waals surface area contributed by atoms with E-state index >= 15 is 0 Å². The number of nitrogens with one attached hydrogen (secondary N) is 1. The Balaban J connectivity index is 1.51. The van der Waals surface area contributed by atoms with Crippen LogP contribution in [0.25, 0.3) is 11.1 Å². The lowest BCUT2D eigenvalue weighted by molar-refractivity contribution is -0.127. The fraction of sp³-hybridized carbons (Fsp3) is 0.292. The van der Waals surface area contributed by atoms with Crippen LogP contribution in [0.1, 0.15) is 49.4 Å². The second kappa shape index (κ2) is 7.55. The van der Waals surface area contributed by atoms with Gasteiger partial charge in [0.05, 0.1) is 11.5 Å². The van der Waals surface area contributed by atoms with Crippen LogP contribution in [-0.4, -0.2) is 15.9 Å². The van der Waals surface area contributed by atoms with Crippen molar-refractivity contribution in [3.8, 4) is 11.1 Å². The van der Waals surface area contributed by atoms with Crippen LogP contribution in [0.5, 0.6) is 0 Å². The molecule has 0 radical (unpaired) electrons. The summed E-state index contributed by atoms with van der Waals surface area (Å²) in [5.74, 6) is 0.104. The molecule has 1 aliphatic rings. The first-order chi connectivity index (χ1) is 13.6.